The van der Waals surface area contributed by atoms with E-state index >= 15 is 0 Å². The molecule has 1 aromatic rings. The Bertz CT molecular complexity index is 922. The summed E-state index contributed by atoms with van der Waals surface area (Å²) in [4.78, 5) is 35.8. The van der Waals surface area contributed by atoms with E-state index in [9.17, 15) is 9.59 Å². The fraction of sp³-hybridized carbons (Fsp3) is 0.565. The van der Waals surface area contributed by atoms with E-state index in [1.165, 1.54) is 40.2 Å². The number of hydrogen-bond acceptors (Lipinski definition) is 4. The number of urea groups is 1. The second-order valence-corrected chi connectivity index (χ2v) is 8.61. The predicted octanol–water partition coefficient (Wildman–Crippen LogP) is 2.48. The summed E-state index contributed by atoms with van der Waals surface area (Å²) in [6, 6.07) is 7.94. The first-order valence-corrected chi connectivity index (χ1v) is 11.0. The first-order valence-electron chi connectivity index (χ1n) is 11.0. The van der Waals surface area contributed by atoms with Gasteiger partial charge in [0, 0.05) is 20.1 Å². The lowest BCUT2D eigenvalue weighted by molar-refractivity contribution is -0.552. The molecule has 3 heterocycles. The van der Waals surface area contributed by atoms with Crippen LogP contribution in [0.25, 0.3) is 0 Å². The second kappa shape index (κ2) is 8.30. The molecule has 2 unspecified atom stereocenters. The van der Waals surface area contributed by atoms with Gasteiger partial charge in [0.1, 0.15) is 13.1 Å². The van der Waals surface area contributed by atoms with Crippen molar-refractivity contribution in [2.75, 3.05) is 27.2 Å². The van der Waals surface area contributed by atoms with Crippen LogP contribution in [0.2, 0.25) is 0 Å². The van der Waals surface area contributed by atoms with Crippen LogP contribution < -0.4 is 0 Å². The number of carbonyl (C=O) groups is 2. The van der Waals surface area contributed by atoms with Crippen molar-refractivity contribution < 1.29 is 14.2 Å². The molecule has 7 heteroatoms. The van der Waals surface area contributed by atoms with Gasteiger partial charge in [-0.15, -0.1) is 0 Å². The highest BCUT2D eigenvalue weighted by Crippen LogP contribution is 2.24. The first kappa shape index (κ1) is 20.7. The van der Waals surface area contributed by atoms with Crippen LogP contribution in [0.4, 0.5) is 4.79 Å². The number of aliphatic imine (C=N–C) groups is 1. The van der Waals surface area contributed by atoms with Gasteiger partial charge in [-0.1, -0.05) is 37.6 Å². The summed E-state index contributed by atoms with van der Waals surface area (Å²) in [7, 11) is 3.27. The standard InChI is InChI=1S/C23H32N5O2/c1-5-18-12-8-9-13-27(18)15-19-24-21-20(22(29)26(4)23(30)25(21)3)28(19)14-17-11-7-6-10-16(17)2/h6-7,10-11,18,20H,5,8-9,12-15H2,1-4H3/q+1. The summed E-state index contributed by atoms with van der Waals surface area (Å²) >= 11 is 0. The third kappa shape index (κ3) is 3.55. The summed E-state index contributed by atoms with van der Waals surface area (Å²) in [5.41, 5.74) is 2.36. The molecule has 160 valence electrons. The maximum absolute atomic E-state index is 13.1. The molecule has 2 atom stereocenters. The number of rotatable bonds is 5. The van der Waals surface area contributed by atoms with Crippen molar-refractivity contribution in [3.05, 3.63) is 35.4 Å². The van der Waals surface area contributed by atoms with Gasteiger partial charge in [0.25, 0.3) is 17.8 Å². The van der Waals surface area contributed by atoms with Gasteiger partial charge in [-0.3, -0.25) is 19.5 Å². The predicted molar refractivity (Wildman–Crippen MR) is 117 cm³/mol. The van der Waals surface area contributed by atoms with E-state index in [-0.39, 0.29) is 11.9 Å². The molecule has 3 aliphatic rings. The molecule has 30 heavy (non-hydrogen) atoms. The van der Waals surface area contributed by atoms with Crippen molar-refractivity contribution in [3.8, 4) is 0 Å². The zero-order valence-electron chi connectivity index (χ0n) is 18.5. The Labute approximate surface area is 178 Å². The van der Waals surface area contributed by atoms with Crippen LogP contribution >= 0.6 is 0 Å². The van der Waals surface area contributed by atoms with E-state index in [1.54, 1.807) is 14.1 Å². The average molecular weight is 411 g/mol. The minimum atomic E-state index is -0.544. The number of fused-ring (bicyclic) bond motifs is 1. The number of likely N-dealkylation sites (N-methyl/N-ethyl adjacent to an activating group) is 2. The SMILES string of the molecule is CCC1CCCCN1CC1=[N+](Cc2ccccc2C)C2C(=O)N(C)C(=O)N(C)C2=N1. The lowest BCUT2D eigenvalue weighted by Gasteiger charge is -2.34. The molecule has 0 radical (unpaired) electrons. The van der Waals surface area contributed by atoms with Crippen LogP contribution in [0, 0.1) is 6.92 Å². The van der Waals surface area contributed by atoms with Crippen LogP contribution in [0.15, 0.2) is 29.3 Å². The molecule has 0 spiro atoms. The van der Waals surface area contributed by atoms with Gasteiger partial charge in [0.15, 0.2) is 0 Å². The highest BCUT2D eigenvalue weighted by molar-refractivity contribution is 6.23. The molecule has 7 nitrogen and oxygen atoms in total. The Hall–Kier alpha value is -2.54. The number of hydrogen-bond donors (Lipinski definition) is 0. The highest BCUT2D eigenvalue weighted by Gasteiger charge is 2.53. The van der Waals surface area contributed by atoms with Crippen LogP contribution in [0.1, 0.15) is 43.7 Å². The van der Waals surface area contributed by atoms with Gasteiger partial charge in [-0.25, -0.2) is 9.37 Å². The van der Waals surface area contributed by atoms with Crippen LogP contribution in [0.3, 0.4) is 0 Å². The molecule has 3 aliphatic heterocycles. The lowest BCUT2D eigenvalue weighted by atomic mass is 10.00. The van der Waals surface area contributed by atoms with E-state index in [0.29, 0.717) is 25.0 Å². The molecule has 0 aliphatic carbocycles. The van der Waals surface area contributed by atoms with Gasteiger partial charge < -0.3 is 0 Å². The quantitative estimate of drug-likeness (QED) is 0.701. The number of likely N-dealkylation sites (tertiary alicyclic amines) is 1. The molecule has 4 rings (SSSR count). The molecule has 0 aromatic heterocycles. The van der Waals surface area contributed by atoms with Crippen molar-refractivity contribution in [1.29, 1.82) is 0 Å². The number of benzene rings is 1. The molecule has 3 amide bonds. The Balaban J connectivity index is 1.73. The number of piperidine rings is 1. The van der Waals surface area contributed by atoms with Gasteiger partial charge in [-0.05, 0) is 48.9 Å². The normalized spacial score (nSPS) is 25.1. The summed E-state index contributed by atoms with van der Waals surface area (Å²) in [6.45, 7) is 6.70. The molecule has 0 N–H and O–H groups in total. The Morgan fingerprint density at radius 3 is 2.63 bits per heavy atom. The Morgan fingerprint density at radius 2 is 1.90 bits per heavy atom. The van der Waals surface area contributed by atoms with E-state index < -0.39 is 6.04 Å². The van der Waals surface area contributed by atoms with Crippen molar-refractivity contribution >= 4 is 23.6 Å². The lowest BCUT2D eigenvalue weighted by Crippen LogP contribution is -2.61. The maximum Gasteiger partial charge on any atom is 0.333 e. The minimum absolute atomic E-state index is 0.203. The number of nitrogens with zero attached hydrogens (tertiary/aromatic N) is 5. The van der Waals surface area contributed by atoms with Crippen LogP contribution in [0.5, 0.6) is 0 Å². The zero-order valence-corrected chi connectivity index (χ0v) is 18.5. The number of carbonyl (C=O) groups excluding carboxylic acids is 2. The number of aryl methyl sites for hydroxylation is 1. The monoisotopic (exact) mass is 410 g/mol. The van der Waals surface area contributed by atoms with Crippen molar-refractivity contribution in [2.45, 2.75) is 58.2 Å². The fourth-order valence-electron chi connectivity index (χ4n) is 4.84. The molecule has 0 saturated carbocycles. The molecular formula is C23H32N5O2+. The zero-order chi connectivity index (χ0) is 21.4. The minimum Gasteiger partial charge on any atom is -0.289 e. The maximum atomic E-state index is 13.1. The van der Waals surface area contributed by atoms with Crippen LogP contribution in [-0.4, -0.2) is 82.2 Å². The Morgan fingerprint density at radius 1 is 1.13 bits per heavy atom. The number of amidine groups is 2. The topological polar surface area (TPSA) is 59.2 Å². The number of imide groups is 1. The summed E-state index contributed by atoms with van der Waals surface area (Å²) in [5, 5.41) is 0. The van der Waals surface area contributed by atoms with Crippen LogP contribution in [-0.2, 0) is 11.3 Å². The van der Waals surface area contributed by atoms with Gasteiger partial charge in [-0.2, -0.15) is 0 Å². The summed E-state index contributed by atoms with van der Waals surface area (Å²) < 4.78 is 2.11. The molecule has 0 bridgehead atoms. The van der Waals surface area contributed by atoms with Crippen molar-refractivity contribution in [1.82, 2.24) is 14.7 Å². The van der Waals surface area contributed by atoms with Gasteiger partial charge in [0.2, 0.25) is 0 Å². The largest absolute Gasteiger partial charge is 0.333 e. The van der Waals surface area contributed by atoms with Crippen molar-refractivity contribution in [3.63, 3.8) is 0 Å². The van der Waals surface area contributed by atoms with Gasteiger partial charge in [0.05, 0.1) is 0 Å². The third-order valence-electron chi connectivity index (χ3n) is 6.78. The average Bonchev–Trinajstić information content (AvgIpc) is 3.10. The molecular weight excluding hydrogens is 378 g/mol. The number of amides is 3. The van der Waals surface area contributed by atoms with E-state index in [0.717, 1.165) is 18.8 Å². The molecule has 1 aromatic carbocycles. The third-order valence-corrected chi connectivity index (χ3v) is 6.78. The summed E-state index contributed by atoms with van der Waals surface area (Å²) in [5.74, 6) is 1.24. The van der Waals surface area contributed by atoms with Gasteiger partial charge >= 0.3 is 11.9 Å². The van der Waals surface area contributed by atoms with E-state index in [2.05, 4.69) is 35.5 Å². The fourth-order valence-corrected chi connectivity index (χ4v) is 4.84. The highest BCUT2D eigenvalue weighted by atomic mass is 16.2. The smallest absolute Gasteiger partial charge is 0.289 e. The first-order chi connectivity index (χ1) is 14.4. The van der Waals surface area contributed by atoms with E-state index in [4.69, 9.17) is 4.99 Å². The second-order valence-electron chi connectivity index (χ2n) is 8.61. The summed E-state index contributed by atoms with van der Waals surface area (Å²) in [6.07, 6.45) is 4.79. The molecule has 2 saturated heterocycles. The Kier molecular flexibility index (Phi) is 5.73. The molecule has 2 fully saturated rings. The van der Waals surface area contributed by atoms with E-state index in [1.807, 2.05) is 12.1 Å². The van der Waals surface area contributed by atoms with Crippen molar-refractivity contribution in [2.24, 2.45) is 4.99 Å².